The molecule has 2 N–H and O–H groups in total. The van der Waals surface area contributed by atoms with Crippen molar-refractivity contribution in [2.45, 2.75) is 24.7 Å². The molecule has 1 aromatic carbocycles. The van der Waals surface area contributed by atoms with Gasteiger partial charge in [0.05, 0.1) is 6.42 Å². The lowest BCUT2D eigenvalue weighted by Gasteiger charge is -2.16. The van der Waals surface area contributed by atoms with E-state index in [4.69, 9.17) is 5.11 Å². The van der Waals surface area contributed by atoms with E-state index in [9.17, 15) is 4.79 Å². The van der Waals surface area contributed by atoms with Crippen LogP contribution in [-0.2, 0) is 10.2 Å². The summed E-state index contributed by atoms with van der Waals surface area (Å²) in [6, 6.07) is 7.94. The van der Waals surface area contributed by atoms with Gasteiger partial charge in [0.2, 0.25) is 0 Å². The number of nitrogens with one attached hydrogen (secondary N) is 1. The van der Waals surface area contributed by atoms with Crippen LogP contribution in [0, 0.1) is 0 Å². The summed E-state index contributed by atoms with van der Waals surface area (Å²) in [5.74, 6) is 0.0732. The highest BCUT2D eigenvalue weighted by molar-refractivity contribution is 5.72. The molecule has 2 aromatic rings. The molecule has 0 radical (unpaired) electrons. The summed E-state index contributed by atoms with van der Waals surface area (Å²) in [5.41, 5.74) is 1.93. The van der Waals surface area contributed by atoms with Crippen molar-refractivity contribution in [2.75, 3.05) is 0 Å². The predicted octanol–water partition coefficient (Wildman–Crippen LogP) is 2.58. The molecule has 92 valence electrons. The molecule has 3 rings (SSSR count). The van der Waals surface area contributed by atoms with E-state index in [1.807, 2.05) is 24.3 Å². The van der Waals surface area contributed by atoms with Crippen LogP contribution in [0.25, 0.3) is 11.4 Å². The number of hydrogen-bond donors (Lipinski definition) is 2. The number of aromatic nitrogens is 2. The average molecular weight is 242 g/mol. The number of H-pyrrole nitrogens is 1. The lowest BCUT2D eigenvalue weighted by molar-refractivity contribution is -0.137. The fourth-order valence-electron chi connectivity index (χ4n) is 2.55. The van der Waals surface area contributed by atoms with Gasteiger partial charge in [0.25, 0.3) is 0 Å². The number of rotatable bonds is 4. The number of aromatic amines is 1. The van der Waals surface area contributed by atoms with Crippen LogP contribution >= 0.6 is 0 Å². The molecule has 0 unspecified atom stereocenters. The maximum absolute atomic E-state index is 11.0. The van der Waals surface area contributed by atoms with Gasteiger partial charge in [-0.2, -0.15) is 0 Å². The lowest BCUT2D eigenvalue weighted by atomic mass is 9.88. The number of aliphatic carboxylic acids is 1. The molecule has 1 aromatic heterocycles. The van der Waals surface area contributed by atoms with Crippen molar-refractivity contribution >= 4 is 5.97 Å². The fraction of sp³-hybridized carbons (Fsp3) is 0.286. The molecule has 0 bridgehead atoms. The van der Waals surface area contributed by atoms with Crippen molar-refractivity contribution in [2.24, 2.45) is 0 Å². The minimum absolute atomic E-state index is 0.185. The Hall–Kier alpha value is -2.10. The molecule has 1 fully saturated rings. The maximum atomic E-state index is 11.0. The maximum Gasteiger partial charge on any atom is 0.304 e. The highest BCUT2D eigenvalue weighted by atomic mass is 16.4. The normalized spacial score (nSPS) is 16.4. The van der Waals surface area contributed by atoms with Gasteiger partial charge >= 0.3 is 5.97 Å². The Morgan fingerprint density at radius 1 is 1.39 bits per heavy atom. The van der Waals surface area contributed by atoms with Crippen LogP contribution in [0.2, 0.25) is 0 Å². The van der Waals surface area contributed by atoms with Crippen LogP contribution in [0.1, 0.15) is 24.8 Å². The second-order valence-electron chi connectivity index (χ2n) is 4.83. The molecule has 0 amide bonds. The molecule has 4 nitrogen and oxygen atoms in total. The van der Waals surface area contributed by atoms with Gasteiger partial charge in [-0.05, 0) is 18.4 Å². The molecule has 0 spiro atoms. The van der Waals surface area contributed by atoms with Gasteiger partial charge in [-0.25, -0.2) is 4.98 Å². The lowest BCUT2D eigenvalue weighted by Crippen LogP contribution is -2.14. The number of nitrogens with zero attached hydrogens (tertiary/aromatic N) is 1. The highest BCUT2D eigenvalue weighted by Gasteiger charge is 2.47. The smallest absolute Gasteiger partial charge is 0.304 e. The van der Waals surface area contributed by atoms with Crippen LogP contribution in [-0.4, -0.2) is 21.0 Å². The highest BCUT2D eigenvalue weighted by Crippen LogP contribution is 2.53. The third kappa shape index (κ3) is 1.79. The molecule has 4 heteroatoms. The molecule has 0 aliphatic heterocycles. The SMILES string of the molecule is O=C(O)CC1(c2ccccc2-c2ncc[nH]2)CC1. The zero-order valence-corrected chi connectivity index (χ0v) is 9.89. The third-order valence-corrected chi connectivity index (χ3v) is 3.59. The minimum Gasteiger partial charge on any atom is -0.481 e. The molecule has 1 saturated carbocycles. The largest absolute Gasteiger partial charge is 0.481 e. The van der Waals surface area contributed by atoms with Gasteiger partial charge in [0.1, 0.15) is 5.82 Å². The Labute approximate surface area is 105 Å². The predicted molar refractivity (Wildman–Crippen MR) is 67.2 cm³/mol. The summed E-state index contributed by atoms with van der Waals surface area (Å²) in [6.45, 7) is 0. The molecule has 0 saturated heterocycles. The summed E-state index contributed by atoms with van der Waals surface area (Å²) in [4.78, 5) is 18.4. The van der Waals surface area contributed by atoms with Crippen molar-refractivity contribution in [1.29, 1.82) is 0 Å². The summed E-state index contributed by atoms with van der Waals surface area (Å²) in [5, 5.41) is 9.05. The number of carboxylic acids is 1. The van der Waals surface area contributed by atoms with Crippen molar-refractivity contribution < 1.29 is 9.90 Å². The summed E-state index contributed by atoms with van der Waals surface area (Å²) in [6.07, 6.45) is 5.57. The zero-order valence-electron chi connectivity index (χ0n) is 9.89. The first kappa shape index (κ1) is 11.0. The summed E-state index contributed by atoms with van der Waals surface area (Å²) in [7, 11) is 0. The molecule has 1 heterocycles. The standard InChI is InChI=1S/C14H14N2O2/c17-12(18)9-14(5-6-14)11-4-2-1-3-10(11)13-15-7-8-16-13/h1-4,7-8H,5-6,9H2,(H,15,16)(H,17,18). The van der Waals surface area contributed by atoms with Crippen LogP contribution < -0.4 is 0 Å². The number of hydrogen-bond acceptors (Lipinski definition) is 2. The quantitative estimate of drug-likeness (QED) is 0.866. The first-order valence-corrected chi connectivity index (χ1v) is 6.02. The van der Waals surface area contributed by atoms with Crippen molar-refractivity contribution in [1.82, 2.24) is 9.97 Å². The van der Waals surface area contributed by atoms with Gasteiger partial charge in [0.15, 0.2) is 0 Å². The van der Waals surface area contributed by atoms with Gasteiger partial charge < -0.3 is 10.1 Å². The Kier molecular flexibility index (Phi) is 2.44. The van der Waals surface area contributed by atoms with Gasteiger partial charge in [-0.15, -0.1) is 0 Å². The molecule has 1 aliphatic carbocycles. The second kappa shape index (κ2) is 3.98. The Morgan fingerprint density at radius 2 is 2.17 bits per heavy atom. The molecule has 18 heavy (non-hydrogen) atoms. The molecule has 1 aliphatic rings. The van der Waals surface area contributed by atoms with E-state index in [0.717, 1.165) is 29.8 Å². The van der Waals surface area contributed by atoms with E-state index < -0.39 is 5.97 Å². The van der Waals surface area contributed by atoms with E-state index in [1.54, 1.807) is 12.4 Å². The Bertz CT molecular complexity index is 571. The topological polar surface area (TPSA) is 66.0 Å². The Balaban J connectivity index is 2.05. The average Bonchev–Trinajstić information content (AvgIpc) is 2.93. The van der Waals surface area contributed by atoms with E-state index in [1.165, 1.54) is 0 Å². The second-order valence-corrected chi connectivity index (χ2v) is 4.83. The molecular weight excluding hydrogens is 228 g/mol. The summed E-state index contributed by atoms with van der Waals surface area (Å²) >= 11 is 0. The first-order chi connectivity index (χ1) is 8.71. The van der Waals surface area contributed by atoms with Gasteiger partial charge in [-0.1, -0.05) is 24.3 Å². The van der Waals surface area contributed by atoms with Crippen LogP contribution in [0.5, 0.6) is 0 Å². The molecule has 0 atom stereocenters. The third-order valence-electron chi connectivity index (χ3n) is 3.59. The number of carbonyl (C=O) groups is 1. The molecular formula is C14H14N2O2. The van der Waals surface area contributed by atoms with Gasteiger partial charge in [-0.3, -0.25) is 4.79 Å². The van der Waals surface area contributed by atoms with E-state index in [0.29, 0.717) is 0 Å². The van der Waals surface area contributed by atoms with E-state index in [-0.39, 0.29) is 11.8 Å². The van der Waals surface area contributed by atoms with Crippen LogP contribution in [0.4, 0.5) is 0 Å². The first-order valence-electron chi connectivity index (χ1n) is 6.02. The minimum atomic E-state index is -0.734. The fourth-order valence-corrected chi connectivity index (χ4v) is 2.55. The van der Waals surface area contributed by atoms with Crippen LogP contribution in [0.15, 0.2) is 36.7 Å². The van der Waals surface area contributed by atoms with Crippen LogP contribution in [0.3, 0.4) is 0 Å². The van der Waals surface area contributed by atoms with E-state index >= 15 is 0 Å². The number of benzene rings is 1. The van der Waals surface area contributed by atoms with Crippen molar-refractivity contribution in [3.63, 3.8) is 0 Å². The van der Waals surface area contributed by atoms with E-state index in [2.05, 4.69) is 9.97 Å². The number of imidazole rings is 1. The zero-order chi connectivity index (χ0) is 12.6. The van der Waals surface area contributed by atoms with Crippen molar-refractivity contribution in [3.05, 3.63) is 42.2 Å². The van der Waals surface area contributed by atoms with Gasteiger partial charge in [0, 0.05) is 23.4 Å². The Morgan fingerprint density at radius 3 is 2.78 bits per heavy atom. The van der Waals surface area contributed by atoms with Crippen molar-refractivity contribution in [3.8, 4) is 11.4 Å². The summed E-state index contributed by atoms with van der Waals surface area (Å²) < 4.78 is 0. The monoisotopic (exact) mass is 242 g/mol. The number of carboxylic acid groups (broad SMARTS) is 1.